The van der Waals surface area contributed by atoms with Crippen molar-refractivity contribution in [1.29, 1.82) is 0 Å². The number of aromatic nitrogens is 3. The molecular weight excluding hydrogens is 306 g/mol. The highest BCUT2D eigenvalue weighted by atomic mass is 32.2. The summed E-state index contributed by atoms with van der Waals surface area (Å²) in [6.07, 6.45) is 1.19. The molecule has 0 spiro atoms. The van der Waals surface area contributed by atoms with E-state index in [-0.39, 0.29) is 30.5 Å². The predicted octanol–water partition coefficient (Wildman–Crippen LogP) is -0.476. The van der Waals surface area contributed by atoms with Crippen molar-refractivity contribution < 1.29 is 23.4 Å². The number of carbonyl (C=O) groups is 1. The molecule has 0 aliphatic carbocycles. The van der Waals surface area contributed by atoms with Crippen LogP contribution in [0.25, 0.3) is 0 Å². The number of carboxylic acids is 1. The van der Waals surface area contributed by atoms with Crippen LogP contribution < -0.4 is 0 Å². The summed E-state index contributed by atoms with van der Waals surface area (Å²) in [5, 5.41) is 25.2. The standard InChI is InChI=1S/C10H15N3O5S2/c14-5-8-11-12-10(19-6-9(15)16)13(8)4-7-2-1-3-20(7,17)18/h7,14H,1-6H2,(H,15,16). The number of aliphatic carboxylic acids is 1. The molecule has 20 heavy (non-hydrogen) atoms. The van der Waals surface area contributed by atoms with Gasteiger partial charge in [0.15, 0.2) is 20.8 Å². The van der Waals surface area contributed by atoms with Crippen molar-refractivity contribution in [3.05, 3.63) is 5.82 Å². The molecule has 2 N–H and O–H groups in total. The highest BCUT2D eigenvalue weighted by Gasteiger charge is 2.32. The zero-order valence-corrected chi connectivity index (χ0v) is 12.2. The Hall–Kier alpha value is -1.13. The summed E-state index contributed by atoms with van der Waals surface area (Å²) in [7, 11) is -3.12. The van der Waals surface area contributed by atoms with Gasteiger partial charge in [-0.2, -0.15) is 0 Å². The molecule has 1 unspecified atom stereocenters. The molecular formula is C10H15N3O5S2. The molecule has 1 aromatic rings. The van der Waals surface area contributed by atoms with Gasteiger partial charge in [-0.05, 0) is 12.8 Å². The molecule has 1 fully saturated rings. The third-order valence-corrected chi connectivity index (χ3v) is 6.32. The average molecular weight is 321 g/mol. The number of sulfone groups is 1. The van der Waals surface area contributed by atoms with E-state index in [4.69, 9.17) is 5.11 Å². The van der Waals surface area contributed by atoms with Crippen LogP contribution in [0.5, 0.6) is 0 Å². The van der Waals surface area contributed by atoms with Crippen LogP contribution in [0.3, 0.4) is 0 Å². The van der Waals surface area contributed by atoms with Gasteiger partial charge in [-0.3, -0.25) is 4.79 Å². The second-order valence-corrected chi connectivity index (χ2v) is 7.82. The number of rotatable bonds is 6. The van der Waals surface area contributed by atoms with Crippen LogP contribution in [0.1, 0.15) is 18.7 Å². The Labute approximate surface area is 120 Å². The fourth-order valence-corrected chi connectivity index (χ4v) is 4.61. The minimum atomic E-state index is -3.12. The molecule has 2 heterocycles. The van der Waals surface area contributed by atoms with E-state index in [1.165, 1.54) is 4.57 Å². The van der Waals surface area contributed by atoms with Crippen LogP contribution in [-0.2, 0) is 27.8 Å². The second kappa shape index (κ2) is 6.10. The molecule has 1 aliphatic heterocycles. The lowest BCUT2D eigenvalue weighted by atomic mass is 10.2. The number of carboxylic acid groups (broad SMARTS) is 1. The Balaban J connectivity index is 2.20. The molecule has 1 aliphatic rings. The molecule has 1 saturated heterocycles. The molecule has 10 heteroatoms. The van der Waals surface area contributed by atoms with Crippen molar-refractivity contribution in [3.63, 3.8) is 0 Å². The Morgan fingerprint density at radius 3 is 2.75 bits per heavy atom. The van der Waals surface area contributed by atoms with E-state index >= 15 is 0 Å². The van der Waals surface area contributed by atoms with Gasteiger partial charge in [-0.15, -0.1) is 10.2 Å². The van der Waals surface area contributed by atoms with Gasteiger partial charge in [0.05, 0.1) is 16.8 Å². The number of nitrogens with zero attached hydrogens (tertiary/aromatic N) is 3. The molecule has 8 nitrogen and oxygen atoms in total. The summed E-state index contributed by atoms with van der Waals surface area (Å²) in [5.41, 5.74) is 0. The number of thioether (sulfide) groups is 1. The van der Waals surface area contributed by atoms with Crippen LogP contribution in [0.2, 0.25) is 0 Å². The van der Waals surface area contributed by atoms with Crippen molar-refractivity contribution in [2.24, 2.45) is 0 Å². The van der Waals surface area contributed by atoms with Crippen LogP contribution >= 0.6 is 11.8 Å². The quantitative estimate of drug-likeness (QED) is 0.674. The molecule has 112 valence electrons. The minimum Gasteiger partial charge on any atom is -0.481 e. The molecule has 0 amide bonds. The van der Waals surface area contributed by atoms with Crippen LogP contribution in [0, 0.1) is 0 Å². The third-order valence-electron chi connectivity index (χ3n) is 3.11. The van der Waals surface area contributed by atoms with E-state index in [0.29, 0.717) is 18.0 Å². The number of aliphatic hydroxyl groups excluding tert-OH is 1. The summed E-state index contributed by atoms with van der Waals surface area (Å²) in [6, 6.07) is 0. The fraction of sp³-hybridized carbons (Fsp3) is 0.700. The van der Waals surface area contributed by atoms with E-state index in [2.05, 4.69) is 10.2 Å². The Morgan fingerprint density at radius 1 is 1.45 bits per heavy atom. The van der Waals surface area contributed by atoms with Gasteiger partial charge in [-0.25, -0.2) is 8.42 Å². The van der Waals surface area contributed by atoms with Gasteiger partial charge >= 0.3 is 5.97 Å². The van der Waals surface area contributed by atoms with Crippen molar-refractivity contribution >= 4 is 27.6 Å². The number of hydrogen-bond donors (Lipinski definition) is 2. The van der Waals surface area contributed by atoms with Gasteiger partial charge in [0.1, 0.15) is 6.61 Å². The van der Waals surface area contributed by atoms with Crippen LogP contribution in [0.4, 0.5) is 0 Å². The fourth-order valence-electron chi connectivity index (χ4n) is 2.12. The lowest BCUT2D eigenvalue weighted by Gasteiger charge is -2.13. The SMILES string of the molecule is O=C(O)CSc1nnc(CO)n1CC1CCCS1(=O)=O. The maximum Gasteiger partial charge on any atom is 0.313 e. The summed E-state index contributed by atoms with van der Waals surface area (Å²) in [6.45, 7) is -0.208. The topological polar surface area (TPSA) is 122 Å². The Bertz CT molecular complexity index is 598. The maximum atomic E-state index is 11.8. The van der Waals surface area contributed by atoms with E-state index < -0.39 is 21.1 Å². The lowest BCUT2D eigenvalue weighted by Crippen LogP contribution is -2.24. The van der Waals surface area contributed by atoms with E-state index in [0.717, 1.165) is 11.8 Å². The summed E-state index contributed by atoms with van der Waals surface area (Å²) in [4.78, 5) is 10.6. The van der Waals surface area contributed by atoms with Crippen LogP contribution in [0.15, 0.2) is 5.16 Å². The molecule has 1 aromatic heterocycles. The Kier molecular flexibility index (Phi) is 4.66. The summed E-state index contributed by atoms with van der Waals surface area (Å²) in [5.74, 6) is -0.768. The van der Waals surface area contributed by atoms with Gasteiger partial charge < -0.3 is 14.8 Å². The van der Waals surface area contributed by atoms with Gasteiger partial charge in [0, 0.05) is 6.54 Å². The first-order valence-corrected chi connectivity index (χ1v) is 8.73. The molecule has 0 bridgehead atoms. The molecule has 0 saturated carbocycles. The van der Waals surface area contributed by atoms with Crippen molar-refractivity contribution in [1.82, 2.24) is 14.8 Å². The summed E-state index contributed by atoms with van der Waals surface area (Å²) < 4.78 is 25.2. The average Bonchev–Trinajstić information content (AvgIpc) is 2.91. The molecule has 1 atom stereocenters. The van der Waals surface area contributed by atoms with Gasteiger partial charge in [-0.1, -0.05) is 11.8 Å². The maximum absolute atomic E-state index is 11.8. The lowest BCUT2D eigenvalue weighted by molar-refractivity contribution is -0.133. The first kappa shape index (κ1) is 15.3. The third kappa shape index (κ3) is 3.30. The highest BCUT2D eigenvalue weighted by Crippen LogP contribution is 2.25. The zero-order chi connectivity index (χ0) is 14.8. The van der Waals surface area contributed by atoms with E-state index in [1.807, 2.05) is 0 Å². The first-order chi connectivity index (χ1) is 9.44. The Morgan fingerprint density at radius 2 is 2.20 bits per heavy atom. The predicted molar refractivity (Wildman–Crippen MR) is 71.1 cm³/mol. The first-order valence-electron chi connectivity index (χ1n) is 6.03. The monoisotopic (exact) mass is 321 g/mol. The smallest absolute Gasteiger partial charge is 0.313 e. The zero-order valence-electron chi connectivity index (χ0n) is 10.6. The minimum absolute atomic E-state index is 0.160. The van der Waals surface area contributed by atoms with Gasteiger partial charge in [0.2, 0.25) is 0 Å². The number of hydrogen-bond acceptors (Lipinski definition) is 7. The van der Waals surface area contributed by atoms with E-state index in [9.17, 15) is 18.3 Å². The van der Waals surface area contributed by atoms with E-state index in [1.54, 1.807) is 0 Å². The summed E-state index contributed by atoms with van der Waals surface area (Å²) >= 11 is 0.959. The molecule has 2 rings (SSSR count). The largest absolute Gasteiger partial charge is 0.481 e. The van der Waals surface area contributed by atoms with Crippen LogP contribution in [-0.4, -0.2) is 56.1 Å². The van der Waals surface area contributed by atoms with Gasteiger partial charge in [0.25, 0.3) is 0 Å². The highest BCUT2D eigenvalue weighted by molar-refractivity contribution is 7.99. The molecule has 0 radical (unpaired) electrons. The van der Waals surface area contributed by atoms with Crippen molar-refractivity contribution in [3.8, 4) is 0 Å². The number of aliphatic hydroxyl groups is 1. The normalized spacial score (nSPS) is 21.1. The van der Waals surface area contributed by atoms with Crippen molar-refractivity contribution in [2.75, 3.05) is 11.5 Å². The molecule has 0 aromatic carbocycles. The van der Waals surface area contributed by atoms with Crippen molar-refractivity contribution in [2.45, 2.75) is 36.4 Å². The second-order valence-electron chi connectivity index (χ2n) is 4.48.